The topological polar surface area (TPSA) is 109 Å². The van der Waals surface area contributed by atoms with Crippen molar-refractivity contribution in [2.75, 3.05) is 25.5 Å². The van der Waals surface area contributed by atoms with Crippen molar-refractivity contribution in [2.45, 2.75) is 24.2 Å². The molecule has 5 rings (SSSR count). The van der Waals surface area contributed by atoms with Crippen molar-refractivity contribution in [3.8, 4) is 0 Å². The van der Waals surface area contributed by atoms with E-state index < -0.39 is 22.0 Å². The number of carbonyl (C=O) groups excluding carboxylic acids is 2. The minimum Gasteiger partial charge on any atom is -0.465 e. The normalized spacial score (nSPS) is 11.5. The number of fused-ring (bicyclic) bond motifs is 1. The average Bonchev–Trinajstić information content (AvgIpc) is 3.47. The number of sulfonamides is 1. The van der Waals surface area contributed by atoms with Crippen LogP contribution < -0.4 is 5.32 Å². The Labute approximate surface area is 260 Å². The molecule has 0 aliphatic carbocycles. The van der Waals surface area contributed by atoms with E-state index in [4.69, 9.17) is 4.74 Å². The lowest BCUT2D eigenvalue weighted by Crippen LogP contribution is -2.52. The van der Waals surface area contributed by atoms with E-state index in [0.29, 0.717) is 11.6 Å². The summed E-state index contributed by atoms with van der Waals surface area (Å²) in [4.78, 5) is 30.8. The van der Waals surface area contributed by atoms with Crippen LogP contribution in [0, 0.1) is 0 Å². The third-order valence-corrected chi connectivity index (χ3v) is 10.0. The number of ether oxygens (including phenoxy) is 1. The van der Waals surface area contributed by atoms with Crippen molar-refractivity contribution in [1.82, 2.24) is 14.4 Å². The molecule has 0 bridgehead atoms. The van der Waals surface area contributed by atoms with E-state index in [1.807, 2.05) is 84.9 Å². The van der Waals surface area contributed by atoms with Gasteiger partial charge in [-0.2, -0.15) is 0 Å². The summed E-state index contributed by atoms with van der Waals surface area (Å²) < 4.78 is 35.2. The van der Waals surface area contributed by atoms with Crippen LogP contribution in [0.25, 0.3) is 10.2 Å². The molecule has 0 radical (unpaired) electrons. The van der Waals surface area contributed by atoms with E-state index in [2.05, 4.69) is 10.3 Å². The summed E-state index contributed by atoms with van der Waals surface area (Å²) in [6, 6.07) is 32.4. The third kappa shape index (κ3) is 6.65. The molecule has 0 saturated carbocycles. The van der Waals surface area contributed by atoms with Crippen LogP contribution in [0.4, 0.5) is 9.93 Å². The monoisotopic (exact) mass is 628 g/mol. The van der Waals surface area contributed by atoms with E-state index in [9.17, 15) is 18.0 Å². The average molecular weight is 629 g/mol. The second kappa shape index (κ2) is 13.8. The predicted octanol–water partition coefficient (Wildman–Crippen LogP) is 6.76. The van der Waals surface area contributed by atoms with Gasteiger partial charge in [0.15, 0.2) is 5.13 Å². The maximum Gasteiger partial charge on any atom is 0.339 e. The van der Waals surface area contributed by atoms with Gasteiger partial charge in [0.2, 0.25) is 0 Å². The van der Waals surface area contributed by atoms with E-state index in [1.165, 1.54) is 41.7 Å². The van der Waals surface area contributed by atoms with Gasteiger partial charge in [0.05, 0.1) is 27.8 Å². The summed E-state index contributed by atoms with van der Waals surface area (Å²) in [5.74, 6) is -0.919. The molecular formula is C33H32N4O5S2. The first kappa shape index (κ1) is 30.9. The molecule has 1 aromatic heterocycles. The van der Waals surface area contributed by atoms with Crippen molar-refractivity contribution in [3.63, 3.8) is 0 Å². The Balaban J connectivity index is 1.54. The molecule has 226 valence electrons. The van der Waals surface area contributed by atoms with Crippen molar-refractivity contribution < 1.29 is 22.7 Å². The van der Waals surface area contributed by atoms with Crippen LogP contribution in [-0.4, -0.2) is 55.0 Å². The molecule has 0 aliphatic heterocycles. The summed E-state index contributed by atoms with van der Waals surface area (Å²) in [6.07, 6.45) is 0.409. The number of thiazole rings is 1. The minimum atomic E-state index is -4.39. The molecule has 0 aliphatic rings. The highest BCUT2D eigenvalue weighted by molar-refractivity contribution is 7.89. The number of anilines is 1. The number of hydrogen-bond donors (Lipinski definition) is 1. The van der Waals surface area contributed by atoms with E-state index in [1.54, 1.807) is 13.0 Å². The van der Waals surface area contributed by atoms with Gasteiger partial charge in [-0.1, -0.05) is 96.3 Å². The molecule has 2 amide bonds. The van der Waals surface area contributed by atoms with Gasteiger partial charge in [0.1, 0.15) is 0 Å². The van der Waals surface area contributed by atoms with Gasteiger partial charge in [0, 0.05) is 19.0 Å². The number of hydrazine groups is 1. The van der Waals surface area contributed by atoms with Gasteiger partial charge in [-0.3, -0.25) is 5.32 Å². The quantitative estimate of drug-likeness (QED) is 0.128. The number of esters is 1. The van der Waals surface area contributed by atoms with Crippen LogP contribution in [0.15, 0.2) is 114 Å². The first-order chi connectivity index (χ1) is 21.3. The Morgan fingerprint density at radius 1 is 0.864 bits per heavy atom. The maximum atomic E-state index is 14.2. The van der Waals surface area contributed by atoms with Crippen LogP contribution in [0.2, 0.25) is 0 Å². The molecule has 5 aromatic rings. The number of nitrogens with one attached hydrogen (secondary N) is 1. The molecular weight excluding hydrogens is 597 g/mol. The highest BCUT2D eigenvalue weighted by Crippen LogP contribution is 2.31. The van der Waals surface area contributed by atoms with Gasteiger partial charge in [0.25, 0.3) is 10.0 Å². The number of nitrogens with zero attached hydrogens (tertiary/aromatic N) is 3. The lowest BCUT2D eigenvalue weighted by atomic mass is 9.88. The summed E-state index contributed by atoms with van der Waals surface area (Å²) in [5, 5.41) is 4.35. The van der Waals surface area contributed by atoms with Crippen molar-refractivity contribution in [1.29, 1.82) is 0 Å². The van der Waals surface area contributed by atoms with Gasteiger partial charge in [-0.25, -0.2) is 28.0 Å². The van der Waals surface area contributed by atoms with Crippen molar-refractivity contribution in [3.05, 3.63) is 126 Å². The van der Waals surface area contributed by atoms with Gasteiger partial charge in [-0.15, -0.1) is 4.41 Å². The lowest BCUT2D eigenvalue weighted by molar-refractivity contribution is 0.0595. The zero-order valence-electron chi connectivity index (χ0n) is 24.3. The lowest BCUT2D eigenvalue weighted by Gasteiger charge is -2.34. The molecule has 0 fully saturated rings. The molecule has 4 aromatic carbocycles. The Hall–Kier alpha value is -4.58. The zero-order valence-corrected chi connectivity index (χ0v) is 25.9. The number of amides is 2. The summed E-state index contributed by atoms with van der Waals surface area (Å²) in [6.45, 7) is 1.60. The van der Waals surface area contributed by atoms with Crippen LogP contribution in [0.1, 0.15) is 40.7 Å². The molecule has 1 heterocycles. The number of hydrogen-bond acceptors (Lipinski definition) is 7. The van der Waals surface area contributed by atoms with Gasteiger partial charge < -0.3 is 4.74 Å². The van der Waals surface area contributed by atoms with E-state index in [-0.39, 0.29) is 29.5 Å². The van der Waals surface area contributed by atoms with Gasteiger partial charge in [-0.05, 0) is 48.7 Å². The highest BCUT2D eigenvalue weighted by atomic mass is 32.2. The van der Waals surface area contributed by atoms with Crippen molar-refractivity contribution in [2.24, 2.45) is 0 Å². The summed E-state index contributed by atoms with van der Waals surface area (Å²) >= 11 is 1.29. The SMILES string of the molecule is CCN(N(CCC(c1ccccc1)c1ccccc1)C(=O)Nc1nc2ccccc2s1)S(=O)(=O)c1ccccc1C(=O)OC. The molecule has 0 atom stereocenters. The number of rotatable bonds is 11. The molecule has 1 N–H and O–H groups in total. The standard InChI is InChI=1S/C33H32N4O5S2/c1-3-37(44(40,41)30-21-13-10-18-27(30)31(38)42-2)36(33(39)35-32-34-28-19-11-12-20-29(28)43-32)23-22-26(24-14-6-4-7-15-24)25-16-8-5-9-17-25/h4-21,26H,3,22-23H2,1-2H3,(H,34,35,39). The Morgan fingerprint density at radius 2 is 1.45 bits per heavy atom. The second-order valence-electron chi connectivity index (χ2n) is 9.83. The molecule has 11 heteroatoms. The molecule has 44 heavy (non-hydrogen) atoms. The van der Waals surface area contributed by atoms with Crippen LogP contribution in [0.3, 0.4) is 0 Å². The second-order valence-corrected chi connectivity index (χ2v) is 12.7. The number of para-hydroxylation sites is 1. The highest BCUT2D eigenvalue weighted by Gasteiger charge is 2.35. The Morgan fingerprint density at radius 3 is 2.07 bits per heavy atom. The fourth-order valence-electron chi connectivity index (χ4n) is 5.10. The third-order valence-electron chi connectivity index (χ3n) is 7.16. The Kier molecular flexibility index (Phi) is 9.69. The fraction of sp³-hybridized carbons (Fsp3) is 0.182. The smallest absolute Gasteiger partial charge is 0.339 e. The van der Waals surface area contributed by atoms with Crippen LogP contribution in [0.5, 0.6) is 0 Å². The summed E-state index contributed by atoms with van der Waals surface area (Å²) in [5.41, 5.74) is 2.67. The molecule has 9 nitrogen and oxygen atoms in total. The number of carbonyl (C=O) groups is 2. The molecule has 0 spiro atoms. The summed E-state index contributed by atoms with van der Waals surface area (Å²) in [7, 11) is -3.21. The first-order valence-electron chi connectivity index (χ1n) is 14.1. The maximum absolute atomic E-state index is 14.2. The number of benzene rings is 4. The van der Waals surface area contributed by atoms with E-state index >= 15 is 0 Å². The van der Waals surface area contributed by atoms with Gasteiger partial charge >= 0.3 is 12.0 Å². The van der Waals surface area contributed by atoms with Crippen molar-refractivity contribution >= 4 is 48.7 Å². The largest absolute Gasteiger partial charge is 0.465 e. The molecule has 0 unspecified atom stereocenters. The minimum absolute atomic E-state index is 0.0403. The van der Waals surface area contributed by atoms with E-state index in [0.717, 1.165) is 25.8 Å². The van der Waals surface area contributed by atoms with Crippen LogP contribution >= 0.6 is 11.3 Å². The Bertz CT molecular complexity index is 1770. The van der Waals surface area contributed by atoms with Crippen LogP contribution in [-0.2, 0) is 14.8 Å². The fourth-order valence-corrected chi connectivity index (χ4v) is 7.62. The number of urea groups is 1. The predicted molar refractivity (Wildman–Crippen MR) is 172 cm³/mol. The number of methoxy groups -OCH3 is 1. The first-order valence-corrected chi connectivity index (χ1v) is 16.3. The number of aromatic nitrogens is 1. The zero-order chi connectivity index (χ0) is 31.1. The molecule has 0 saturated heterocycles.